The first-order valence-corrected chi connectivity index (χ1v) is 7.64. The van der Waals surface area contributed by atoms with E-state index in [1.165, 1.54) is 0 Å². The number of amides is 1. The minimum Gasteiger partial charge on any atom is -0.492 e. The number of nitrogens with one attached hydrogen (secondary N) is 1. The molecular weight excluding hydrogens is 318 g/mol. The van der Waals surface area contributed by atoms with Crippen LogP contribution in [0, 0.1) is 0 Å². The van der Waals surface area contributed by atoms with Crippen LogP contribution in [-0.2, 0) is 6.54 Å². The van der Waals surface area contributed by atoms with Gasteiger partial charge in [-0.05, 0) is 42.8 Å². The molecule has 6 heteroatoms. The van der Waals surface area contributed by atoms with Crippen molar-refractivity contribution in [2.24, 2.45) is 0 Å². The topological polar surface area (TPSA) is 56.8 Å². The van der Waals surface area contributed by atoms with Gasteiger partial charge in [0.05, 0.1) is 11.6 Å². The Morgan fingerprint density at radius 2 is 2.04 bits per heavy atom. The van der Waals surface area contributed by atoms with Gasteiger partial charge >= 0.3 is 0 Å². The highest BCUT2D eigenvalue weighted by Crippen LogP contribution is 2.32. The maximum Gasteiger partial charge on any atom is 0.251 e. The molecule has 0 unspecified atom stereocenters. The fourth-order valence-corrected chi connectivity index (χ4v) is 2.51. The number of hydrogen-bond acceptors (Lipinski definition) is 4. The smallest absolute Gasteiger partial charge is 0.251 e. The van der Waals surface area contributed by atoms with E-state index in [4.69, 9.17) is 25.8 Å². The highest BCUT2D eigenvalue weighted by atomic mass is 35.5. The second-order valence-electron chi connectivity index (χ2n) is 4.95. The molecule has 0 atom stereocenters. The monoisotopic (exact) mass is 333 g/mol. The first-order valence-electron chi connectivity index (χ1n) is 7.26. The summed E-state index contributed by atoms with van der Waals surface area (Å²) < 4.78 is 15.9. The van der Waals surface area contributed by atoms with E-state index in [2.05, 4.69) is 5.32 Å². The summed E-state index contributed by atoms with van der Waals surface area (Å²) in [5.74, 6) is 1.69. The van der Waals surface area contributed by atoms with Gasteiger partial charge < -0.3 is 19.5 Å². The van der Waals surface area contributed by atoms with Crippen molar-refractivity contribution in [3.05, 3.63) is 52.5 Å². The number of carbonyl (C=O) groups is 1. The van der Waals surface area contributed by atoms with Crippen LogP contribution in [0.4, 0.5) is 0 Å². The molecule has 1 aliphatic heterocycles. The van der Waals surface area contributed by atoms with Gasteiger partial charge in [0.1, 0.15) is 5.75 Å². The Morgan fingerprint density at radius 3 is 2.83 bits per heavy atom. The van der Waals surface area contributed by atoms with Crippen LogP contribution in [0.1, 0.15) is 22.8 Å². The maximum atomic E-state index is 12.2. The van der Waals surface area contributed by atoms with Crippen molar-refractivity contribution >= 4 is 17.5 Å². The molecule has 120 valence electrons. The molecule has 23 heavy (non-hydrogen) atoms. The predicted octanol–water partition coefficient (Wildman–Crippen LogP) is 3.40. The third kappa shape index (κ3) is 3.51. The predicted molar refractivity (Wildman–Crippen MR) is 86.4 cm³/mol. The minimum absolute atomic E-state index is 0.186. The van der Waals surface area contributed by atoms with Gasteiger partial charge in [-0.15, -0.1) is 0 Å². The van der Waals surface area contributed by atoms with E-state index in [0.717, 1.165) is 5.56 Å². The lowest BCUT2D eigenvalue weighted by Gasteiger charge is -2.09. The Labute approximate surface area is 139 Å². The largest absolute Gasteiger partial charge is 0.492 e. The molecule has 1 aliphatic rings. The molecule has 0 bridgehead atoms. The summed E-state index contributed by atoms with van der Waals surface area (Å²) in [4.78, 5) is 12.2. The molecule has 2 aromatic rings. The molecule has 5 nitrogen and oxygen atoms in total. The van der Waals surface area contributed by atoms with Gasteiger partial charge in [0.25, 0.3) is 5.91 Å². The van der Waals surface area contributed by atoms with Crippen LogP contribution in [0.3, 0.4) is 0 Å². The molecule has 2 aromatic carbocycles. The van der Waals surface area contributed by atoms with Crippen LogP contribution in [-0.4, -0.2) is 19.3 Å². The lowest BCUT2D eigenvalue weighted by molar-refractivity contribution is 0.0950. The zero-order valence-corrected chi connectivity index (χ0v) is 13.4. The number of carbonyl (C=O) groups excluding carboxylic acids is 1. The number of benzene rings is 2. The fraction of sp³-hybridized carbons (Fsp3) is 0.235. The molecule has 3 rings (SSSR count). The van der Waals surface area contributed by atoms with Gasteiger partial charge in [-0.1, -0.05) is 17.7 Å². The number of hydrogen-bond donors (Lipinski definition) is 1. The van der Waals surface area contributed by atoms with Gasteiger partial charge in [-0.25, -0.2) is 0 Å². The molecular formula is C17H16ClNO4. The minimum atomic E-state index is -0.187. The third-order valence-corrected chi connectivity index (χ3v) is 3.68. The Morgan fingerprint density at radius 1 is 1.22 bits per heavy atom. The fourth-order valence-electron chi connectivity index (χ4n) is 2.25. The Bertz CT molecular complexity index is 733. The van der Waals surface area contributed by atoms with Crippen molar-refractivity contribution < 1.29 is 19.0 Å². The summed E-state index contributed by atoms with van der Waals surface area (Å²) in [6.07, 6.45) is 0. The summed E-state index contributed by atoms with van der Waals surface area (Å²) in [6, 6.07) is 10.6. The van der Waals surface area contributed by atoms with Gasteiger partial charge in [0.2, 0.25) is 6.79 Å². The van der Waals surface area contributed by atoms with Crippen molar-refractivity contribution in [2.75, 3.05) is 13.4 Å². The first kappa shape index (κ1) is 15.5. The zero-order valence-electron chi connectivity index (χ0n) is 12.6. The molecule has 0 spiro atoms. The second kappa shape index (κ2) is 6.79. The van der Waals surface area contributed by atoms with Gasteiger partial charge in [-0.3, -0.25) is 4.79 Å². The summed E-state index contributed by atoms with van der Waals surface area (Å²) in [5.41, 5.74) is 1.42. The highest BCUT2D eigenvalue weighted by molar-refractivity contribution is 6.32. The summed E-state index contributed by atoms with van der Waals surface area (Å²) in [7, 11) is 0. The standard InChI is InChI=1S/C17H16ClNO4/c1-2-21-14-5-3-11(7-13(14)18)9-19-17(20)12-4-6-15-16(8-12)23-10-22-15/h3-8H,2,9-10H2,1H3,(H,19,20). The maximum absolute atomic E-state index is 12.2. The van der Waals surface area contributed by atoms with E-state index in [9.17, 15) is 4.79 Å². The van der Waals surface area contributed by atoms with E-state index in [-0.39, 0.29) is 12.7 Å². The quantitative estimate of drug-likeness (QED) is 0.911. The van der Waals surface area contributed by atoms with Crippen LogP contribution in [0.2, 0.25) is 5.02 Å². The van der Waals surface area contributed by atoms with E-state index in [0.29, 0.717) is 41.0 Å². The van der Waals surface area contributed by atoms with Crippen LogP contribution in [0.15, 0.2) is 36.4 Å². The molecule has 0 saturated heterocycles. The van der Waals surface area contributed by atoms with E-state index < -0.39 is 0 Å². The zero-order chi connectivity index (χ0) is 16.2. The van der Waals surface area contributed by atoms with E-state index in [1.54, 1.807) is 30.3 Å². The summed E-state index contributed by atoms with van der Waals surface area (Å²) >= 11 is 6.14. The molecule has 0 radical (unpaired) electrons. The van der Waals surface area contributed by atoms with Gasteiger partial charge in [-0.2, -0.15) is 0 Å². The number of ether oxygens (including phenoxy) is 3. The first-order chi connectivity index (χ1) is 11.2. The van der Waals surface area contributed by atoms with Gasteiger partial charge in [0.15, 0.2) is 11.5 Å². The SMILES string of the molecule is CCOc1ccc(CNC(=O)c2ccc3c(c2)OCO3)cc1Cl. The Hall–Kier alpha value is -2.40. The molecule has 0 aromatic heterocycles. The molecule has 1 heterocycles. The van der Waals surface area contributed by atoms with Crippen molar-refractivity contribution in [3.8, 4) is 17.2 Å². The lowest BCUT2D eigenvalue weighted by Crippen LogP contribution is -2.22. The van der Waals surface area contributed by atoms with E-state index in [1.807, 2.05) is 13.0 Å². The van der Waals surface area contributed by atoms with Crippen molar-refractivity contribution in [1.82, 2.24) is 5.32 Å². The van der Waals surface area contributed by atoms with Gasteiger partial charge in [0, 0.05) is 12.1 Å². The highest BCUT2D eigenvalue weighted by Gasteiger charge is 2.16. The lowest BCUT2D eigenvalue weighted by atomic mass is 10.1. The molecule has 0 aliphatic carbocycles. The molecule has 0 saturated carbocycles. The number of rotatable bonds is 5. The molecule has 1 amide bonds. The second-order valence-corrected chi connectivity index (χ2v) is 5.36. The average molecular weight is 334 g/mol. The number of fused-ring (bicyclic) bond motifs is 1. The van der Waals surface area contributed by atoms with Crippen LogP contribution in [0.5, 0.6) is 17.2 Å². The summed E-state index contributed by atoms with van der Waals surface area (Å²) in [5, 5.41) is 3.38. The average Bonchev–Trinajstić information content (AvgIpc) is 3.02. The normalized spacial score (nSPS) is 12.1. The van der Waals surface area contributed by atoms with Crippen LogP contribution >= 0.6 is 11.6 Å². The van der Waals surface area contributed by atoms with Crippen molar-refractivity contribution in [2.45, 2.75) is 13.5 Å². The van der Waals surface area contributed by atoms with E-state index >= 15 is 0 Å². The van der Waals surface area contributed by atoms with Crippen molar-refractivity contribution in [3.63, 3.8) is 0 Å². The molecule has 0 fully saturated rings. The summed E-state index contributed by atoms with van der Waals surface area (Å²) in [6.45, 7) is 3.01. The Kier molecular flexibility index (Phi) is 4.57. The Balaban J connectivity index is 1.64. The number of halogens is 1. The van der Waals surface area contributed by atoms with Crippen LogP contribution < -0.4 is 19.5 Å². The third-order valence-electron chi connectivity index (χ3n) is 3.38. The molecule has 1 N–H and O–H groups in total. The van der Waals surface area contributed by atoms with Crippen LogP contribution in [0.25, 0.3) is 0 Å². The van der Waals surface area contributed by atoms with Crippen molar-refractivity contribution in [1.29, 1.82) is 0 Å².